The van der Waals surface area contributed by atoms with E-state index in [9.17, 15) is 0 Å². The molecular weight excluding hydrogens is 420 g/mol. The third-order valence-corrected chi connectivity index (χ3v) is 6.86. The van der Waals surface area contributed by atoms with Crippen LogP contribution in [-0.4, -0.2) is 68.5 Å². The fraction of sp³-hybridized carbons (Fsp3) is 0.458. The molecule has 0 unspecified atom stereocenters. The predicted molar refractivity (Wildman–Crippen MR) is 126 cm³/mol. The van der Waals surface area contributed by atoms with E-state index in [-0.39, 0.29) is 12.1 Å². The summed E-state index contributed by atoms with van der Waals surface area (Å²) in [4.78, 5) is 4.99. The molecule has 1 aromatic heterocycles. The number of hydrogen-bond donors (Lipinski definition) is 0. The summed E-state index contributed by atoms with van der Waals surface area (Å²) >= 11 is 5.63. The lowest BCUT2D eigenvalue weighted by atomic mass is 9.96. The fourth-order valence-corrected chi connectivity index (χ4v) is 4.93. The molecule has 0 spiro atoms. The average Bonchev–Trinajstić information content (AvgIpc) is 3.48. The highest BCUT2D eigenvalue weighted by atomic mass is 32.1. The van der Waals surface area contributed by atoms with Gasteiger partial charge in [0, 0.05) is 32.8 Å². The Morgan fingerprint density at radius 3 is 2.09 bits per heavy atom. The van der Waals surface area contributed by atoms with Crippen molar-refractivity contribution in [1.82, 2.24) is 29.6 Å². The van der Waals surface area contributed by atoms with Crippen LogP contribution in [0.1, 0.15) is 30.0 Å². The topological polar surface area (TPSA) is 51.4 Å². The molecule has 2 saturated heterocycles. The molecule has 1 atom stereocenters. The smallest absolute Gasteiger partial charge is 0.217 e. The van der Waals surface area contributed by atoms with E-state index in [1.807, 2.05) is 9.36 Å². The zero-order valence-electron chi connectivity index (χ0n) is 18.3. The first-order chi connectivity index (χ1) is 15.8. The summed E-state index contributed by atoms with van der Waals surface area (Å²) in [6.07, 6.45) is 2.40. The van der Waals surface area contributed by atoms with Crippen LogP contribution in [0.15, 0.2) is 60.7 Å². The Kier molecular flexibility index (Phi) is 6.73. The predicted octanol–water partition coefficient (Wildman–Crippen LogP) is 3.35. The monoisotopic (exact) mass is 450 g/mol. The molecule has 2 aliphatic rings. The van der Waals surface area contributed by atoms with Crippen LogP contribution in [0, 0.1) is 4.77 Å². The number of piperazine rings is 1. The van der Waals surface area contributed by atoms with Crippen molar-refractivity contribution in [2.75, 3.05) is 32.8 Å². The van der Waals surface area contributed by atoms with Crippen LogP contribution in [-0.2, 0) is 18.0 Å². The van der Waals surface area contributed by atoms with Crippen molar-refractivity contribution in [3.63, 3.8) is 0 Å². The number of benzene rings is 2. The van der Waals surface area contributed by atoms with Gasteiger partial charge in [-0.15, -0.1) is 0 Å². The van der Waals surface area contributed by atoms with Crippen LogP contribution in [0.2, 0.25) is 0 Å². The molecule has 7 nitrogen and oxygen atoms in total. The van der Waals surface area contributed by atoms with Crippen molar-refractivity contribution in [2.45, 2.75) is 38.2 Å². The van der Waals surface area contributed by atoms with Crippen LogP contribution >= 0.6 is 12.2 Å². The van der Waals surface area contributed by atoms with Gasteiger partial charge in [-0.1, -0.05) is 60.7 Å². The van der Waals surface area contributed by atoms with Crippen molar-refractivity contribution in [1.29, 1.82) is 0 Å². The lowest BCUT2D eigenvalue weighted by Gasteiger charge is -2.39. The number of nitrogens with zero attached hydrogens (tertiary/aromatic N) is 6. The summed E-state index contributed by atoms with van der Waals surface area (Å²) in [6, 6.07) is 21.9. The van der Waals surface area contributed by atoms with Gasteiger partial charge < -0.3 is 4.74 Å². The highest BCUT2D eigenvalue weighted by Gasteiger charge is 2.27. The standard InChI is InChI=1S/C24H30N6OS/c32-24-29(18-22-12-7-17-31-22)25-26-30(24)19-27-13-15-28(16-14-27)23(20-8-3-1-4-9-20)21-10-5-2-6-11-21/h1-6,8-11,22-23H,7,12-19H2/t22-/m1/s1. The maximum atomic E-state index is 5.72. The van der Waals surface area contributed by atoms with Crippen LogP contribution in [0.4, 0.5) is 0 Å². The molecule has 32 heavy (non-hydrogen) atoms. The minimum atomic E-state index is 0.211. The molecule has 0 N–H and O–H groups in total. The Morgan fingerprint density at radius 1 is 0.875 bits per heavy atom. The molecule has 3 heterocycles. The molecule has 2 aliphatic heterocycles. The van der Waals surface area contributed by atoms with Gasteiger partial charge in [0.1, 0.15) is 0 Å². The normalized spacial score (nSPS) is 20.2. The van der Waals surface area contributed by atoms with Crippen molar-refractivity contribution >= 4 is 12.2 Å². The minimum Gasteiger partial charge on any atom is -0.376 e. The molecule has 0 amide bonds. The van der Waals surface area contributed by atoms with Crippen LogP contribution in [0.5, 0.6) is 0 Å². The molecule has 0 saturated carbocycles. The number of hydrogen-bond acceptors (Lipinski definition) is 6. The first-order valence-corrected chi connectivity index (χ1v) is 11.9. The second kappa shape index (κ2) is 10.0. The molecule has 2 fully saturated rings. The molecule has 3 aromatic rings. The molecule has 0 aliphatic carbocycles. The van der Waals surface area contributed by atoms with Crippen molar-refractivity contribution < 1.29 is 4.74 Å². The second-order valence-electron chi connectivity index (χ2n) is 8.60. The van der Waals surface area contributed by atoms with Crippen LogP contribution in [0.3, 0.4) is 0 Å². The van der Waals surface area contributed by atoms with Crippen LogP contribution in [0.25, 0.3) is 0 Å². The van der Waals surface area contributed by atoms with Gasteiger partial charge in [-0.3, -0.25) is 9.80 Å². The molecular formula is C24H30N6OS. The second-order valence-corrected chi connectivity index (χ2v) is 8.96. The fourth-order valence-electron chi connectivity index (χ4n) is 4.73. The van der Waals surface area contributed by atoms with Gasteiger partial charge in [-0.05, 0) is 46.6 Å². The molecule has 8 heteroatoms. The summed E-state index contributed by atoms with van der Waals surface area (Å²) < 4.78 is 10.0. The first kappa shape index (κ1) is 21.5. The van der Waals surface area contributed by atoms with E-state index in [2.05, 4.69) is 80.9 Å². The molecule has 5 rings (SSSR count). The van der Waals surface area contributed by atoms with Crippen molar-refractivity contribution in [3.05, 3.63) is 76.6 Å². The van der Waals surface area contributed by atoms with Crippen LogP contribution < -0.4 is 0 Å². The minimum absolute atomic E-state index is 0.211. The number of tetrazole rings is 1. The van der Waals surface area contributed by atoms with E-state index in [1.54, 1.807) is 0 Å². The summed E-state index contributed by atoms with van der Waals surface area (Å²) in [6.45, 7) is 6.13. The van der Waals surface area contributed by atoms with Gasteiger partial charge in [-0.25, -0.2) is 9.36 Å². The Hall–Kier alpha value is -2.39. The molecule has 0 bridgehead atoms. The van der Waals surface area contributed by atoms with Gasteiger partial charge in [0.05, 0.1) is 25.4 Å². The van der Waals surface area contributed by atoms with Gasteiger partial charge in [0.25, 0.3) is 0 Å². The Labute approximate surface area is 194 Å². The highest BCUT2D eigenvalue weighted by molar-refractivity contribution is 7.71. The highest BCUT2D eigenvalue weighted by Crippen LogP contribution is 2.29. The summed E-state index contributed by atoms with van der Waals surface area (Å²) in [5.74, 6) is 0. The summed E-state index contributed by atoms with van der Waals surface area (Å²) in [7, 11) is 0. The first-order valence-electron chi connectivity index (χ1n) is 11.5. The maximum Gasteiger partial charge on any atom is 0.217 e. The van der Waals surface area contributed by atoms with Gasteiger partial charge >= 0.3 is 0 Å². The third-order valence-electron chi connectivity index (χ3n) is 6.43. The Morgan fingerprint density at radius 2 is 1.50 bits per heavy atom. The van der Waals surface area contributed by atoms with E-state index in [1.165, 1.54) is 11.1 Å². The lowest BCUT2D eigenvalue weighted by molar-refractivity contribution is 0.0834. The number of aromatic nitrogens is 4. The Balaban J connectivity index is 1.23. The molecule has 2 aromatic carbocycles. The van der Waals surface area contributed by atoms with E-state index in [0.717, 1.165) is 45.6 Å². The molecule has 168 valence electrons. The number of rotatable bonds is 7. The number of ether oxygens (including phenoxy) is 1. The zero-order valence-corrected chi connectivity index (χ0v) is 19.1. The molecule has 0 radical (unpaired) electrons. The largest absolute Gasteiger partial charge is 0.376 e. The Bertz CT molecular complexity index is 1000. The summed E-state index contributed by atoms with van der Waals surface area (Å²) in [5.41, 5.74) is 2.68. The van der Waals surface area contributed by atoms with E-state index in [0.29, 0.717) is 18.0 Å². The van der Waals surface area contributed by atoms with Gasteiger partial charge in [0.15, 0.2) is 0 Å². The van der Waals surface area contributed by atoms with E-state index >= 15 is 0 Å². The van der Waals surface area contributed by atoms with E-state index < -0.39 is 0 Å². The SMILES string of the molecule is S=c1n(C[C@H]2CCCO2)nnn1CN1CCN(C(c2ccccc2)c2ccccc2)CC1. The van der Waals surface area contributed by atoms with Gasteiger partial charge in [-0.2, -0.15) is 0 Å². The maximum absolute atomic E-state index is 5.72. The summed E-state index contributed by atoms with van der Waals surface area (Å²) in [5, 5.41) is 8.59. The lowest BCUT2D eigenvalue weighted by Crippen LogP contribution is -2.48. The van der Waals surface area contributed by atoms with Crippen molar-refractivity contribution in [2.24, 2.45) is 0 Å². The van der Waals surface area contributed by atoms with Gasteiger partial charge in [0.2, 0.25) is 4.77 Å². The van der Waals surface area contributed by atoms with Crippen molar-refractivity contribution in [3.8, 4) is 0 Å². The van der Waals surface area contributed by atoms with E-state index in [4.69, 9.17) is 17.0 Å². The average molecular weight is 451 g/mol. The third kappa shape index (κ3) is 4.83. The quantitative estimate of drug-likeness (QED) is 0.515. The zero-order chi connectivity index (χ0) is 21.8.